The Balaban J connectivity index is 2.02. The van der Waals surface area contributed by atoms with Crippen LogP contribution in [0.2, 0.25) is 0 Å². The molecule has 0 bridgehead atoms. The molecule has 3 nitrogen and oxygen atoms in total. The molecule has 100 valence electrons. The van der Waals surface area contributed by atoms with E-state index >= 15 is 0 Å². The minimum absolute atomic E-state index is 0.0499. The highest BCUT2D eigenvalue weighted by atomic mass is 16.3. The van der Waals surface area contributed by atoms with Crippen molar-refractivity contribution < 1.29 is 10.2 Å². The number of hydrogen-bond donors (Lipinski definition) is 3. The largest absolute Gasteiger partial charge is 0.504 e. The molecule has 3 N–H and O–H groups in total. The van der Waals surface area contributed by atoms with E-state index in [-0.39, 0.29) is 17.5 Å². The van der Waals surface area contributed by atoms with E-state index in [9.17, 15) is 10.2 Å². The lowest BCUT2D eigenvalue weighted by Crippen LogP contribution is -2.18. The molecule has 0 aliphatic rings. The van der Waals surface area contributed by atoms with Crippen LogP contribution in [0.25, 0.3) is 0 Å². The predicted molar refractivity (Wildman–Crippen MR) is 76.2 cm³/mol. The molecule has 2 rings (SSSR count). The fourth-order valence-electron chi connectivity index (χ4n) is 1.96. The molecule has 1 atom stereocenters. The predicted octanol–water partition coefficient (Wildman–Crippen LogP) is 3.26. The quantitative estimate of drug-likeness (QED) is 0.737. The average molecular weight is 257 g/mol. The summed E-state index contributed by atoms with van der Waals surface area (Å²) in [4.78, 5) is 0. The van der Waals surface area contributed by atoms with Crippen molar-refractivity contribution in [2.24, 2.45) is 0 Å². The van der Waals surface area contributed by atoms with Crippen LogP contribution in [0.15, 0.2) is 42.5 Å². The number of nitrogens with one attached hydrogen (secondary N) is 1. The van der Waals surface area contributed by atoms with Crippen LogP contribution in [0, 0.1) is 6.92 Å². The van der Waals surface area contributed by atoms with Crippen LogP contribution in [0.5, 0.6) is 11.5 Å². The Hall–Kier alpha value is -2.00. The number of benzene rings is 2. The lowest BCUT2D eigenvalue weighted by molar-refractivity contribution is 0.396. The lowest BCUT2D eigenvalue weighted by Gasteiger charge is -2.15. The van der Waals surface area contributed by atoms with Crippen LogP contribution in [0.1, 0.15) is 29.7 Å². The van der Waals surface area contributed by atoms with Crippen molar-refractivity contribution in [2.45, 2.75) is 26.4 Å². The third-order valence-electron chi connectivity index (χ3n) is 3.27. The average Bonchev–Trinajstić information content (AvgIpc) is 2.41. The summed E-state index contributed by atoms with van der Waals surface area (Å²) in [6, 6.07) is 13.5. The van der Waals surface area contributed by atoms with E-state index in [2.05, 4.69) is 43.4 Å². The van der Waals surface area contributed by atoms with Crippen LogP contribution in [0.4, 0.5) is 0 Å². The van der Waals surface area contributed by atoms with E-state index in [1.165, 1.54) is 17.2 Å². The highest BCUT2D eigenvalue weighted by Gasteiger charge is 2.08. The SMILES string of the molecule is Cc1ccc([C@@H](C)NCc2cccc(O)c2O)cc1. The minimum atomic E-state index is -0.0812. The molecule has 2 aromatic rings. The van der Waals surface area contributed by atoms with Gasteiger partial charge in [0.1, 0.15) is 0 Å². The smallest absolute Gasteiger partial charge is 0.161 e. The number of phenols is 2. The molecule has 0 aliphatic heterocycles. The first-order valence-electron chi connectivity index (χ1n) is 6.37. The minimum Gasteiger partial charge on any atom is -0.504 e. The van der Waals surface area contributed by atoms with Crippen molar-refractivity contribution in [1.82, 2.24) is 5.32 Å². The van der Waals surface area contributed by atoms with Gasteiger partial charge in [-0.1, -0.05) is 42.0 Å². The number of aromatic hydroxyl groups is 2. The molecule has 0 fully saturated rings. The fraction of sp³-hybridized carbons (Fsp3) is 0.250. The fourth-order valence-corrected chi connectivity index (χ4v) is 1.96. The van der Waals surface area contributed by atoms with E-state index in [0.717, 1.165) is 0 Å². The van der Waals surface area contributed by atoms with Crippen LogP contribution >= 0.6 is 0 Å². The van der Waals surface area contributed by atoms with Gasteiger partial charge in [0.25, 0.3) is 0 Å². The molecule has 0 amide bonds. The first kappa shape index (κ1) is 13.4. The Morgan fingerprint density at radius 1 is 1.05 bits per heavy atom. The number of hydrogen-bond acceptors (Lipinski definition) is 3. The molecule has 0 unspecified atom stereocenters. The second kappa shape index (κ2) is 5.76. The van der Waals surface area contributed by atoms with E-state index in [1.54, 1.807) is 12.1 Å². The number of aryl methyl sites for hydroxylation is 1. The third kappa shape index (κ3) is 3.26. The topological polar surface area (TPSA) is 52.5 Å². The zero-order valence-corrected chi connectivity index (χ0v) is 11.2. The van der Waals surface area contributed by atoms with Gasteiger partial charge < -0.3 is 15.5 Å². The van der Waals surface area contributed by atoms with Crippen molar-refractivity contribution in [2.75, 3.05) is 0 Å². The van der Waals surface area contributed by atoms with E-state index < -0.39 is 0 Å². The summed E-state index contributed by atoms with van der Waals surface area (Å²) in [5, 5.41) is 22.5. The Kier molecular flexibility index (Phi) is 4.07. The highest BCUT2D eigenvalue weighted by molar-refractivity contribution is 5.44. The highest BCUT2D eigenvalue weighted by Crippen LogP contribution is 2.28. The molecule has 0 aliphatic carbocycles. The van der Waals surface area contributed by atoms with Crippen molar-refractivity contribution in [1.29, 1.82) is 0 Å². The monoisotopic (exact) mass is 257 g/mol. The van der Waals surface area contributed by atoms with Gasteiger partial charge in [-0.05, 0) is 25.5 Å². The second-order valence-electron chi connectivity index (χ2n) is 4.80. The van der Waals surface area contributed by atoms with Crippen LogP contribution in [0.3, 0.4) is 0 Å². The number of para-hydroxylation sites is 1. The van der Waals surface area contributed by atoms with Crippen LogP contribution in [-0.2, 0) is 6.54 Å². The van der Waals surface area contributed by atoms with Gasteiger partial charge in [0, 0.05) is 18.2 Å². The van der Waals surface area contributed by atoms with Crippen molar-refractivity contribution in [3.63, 3.8) is 0 Å². The molecule has 0 saturated heterocycles. The summed E-state index contributed by atoms with van der Waals surface area (Å²) >= 11 is 0. The van der Waals surface area contributed by atoms with Crippen molar-refractivity contribution in [3.8, 4) is 11.5 Å². The van der Waals surface area contributed by atoms with E-state index in [4.69, 9.17) is 0 Å². The maximum Gasteiger partial charge on any atom is 0.161 e. The zero-order chi connectivity index (χ0) is 13.8. The maximum atomic E-state index is 9.73. The Morgan fingerprint density at radius 3 is 2.42 bits per heavy atom. The van der Waals surface area contributed by atoms with Gasteiger partial charge in [0.2, 0.25) is 0 Å². The number of rotatable bonds is 4. The van der Waals surface area contributed by atoms with E-state index in [1.807, 2.05) is 0 Å². The summed E-state index contributed by atoms with van der Waals surface area (Å²) < 4.78 is 0. The Morgan fingerprint density at radius 2 is 1.74 bits per heavy atom. The lowest BCUT2D eigenvalue weighted by atomic mass is 10.1. The first-order chi connectivity index (χ1) is 9.08. The van der Waals surface area contributed by atoms with Gasteiger partial charge in [-0.3, -0.25) is 0 Å². The maximum absolute atomic E-state index is 9.73. The van der Waals surface area contributed by atoms with Crippen LogP contribution < -0.4 is 5.32 Å². The molecule has 0 spiro atoms. The van der Waals surface area contributed by atoms with Crippen LogP contribution in [-0.4, -0.2) is 10.2 Å². The van der Waals surface area contributed by atoms with Gasteiger partial charge in [-0.25, -0.2) is 0 Å². The molecule has 3 heteroatoms. The van der Waals surface area contributed by atoms with Gasteiger partial charge >= 0.3 is 0 Å². The summed E-state index contributed by atoms with van der Waals surface area (Å²) in [7, 11) is 0. The normalized spacial score (nSPS) is 12.3. The molecule has 0 saturated carbocycles. The molecule has 2 aromatic carbocycles. The Labute approximate surface area is 113 Å². The summed E-state index contributed by atoms with van der Waals surface area (Å²) in [5.74, 6) is -0.131. The number of phenolic OH excluding ortho intramolecular Hbond substituents is 2. The van der Waals surface area contributed by atoms with Gasteiger partial charge in [-0.15, -0.1) is 0 Å². The third-order valence-corrected chi connectivity index (χ3v) is 3.27. The summed E-state index contributed by atoms with van der Waals surface area (Å²) in [6.45, 7) is 4.65. The second-order valence-corrected chi connectivity index (χ2v) is 4.80. The van der Waals surface area contributed by atoms with E-state index in [0.29, 0.717) is 12.1 Å². The zero-order valence-electron chi connectivity index (χ0n) is 11.2. The van der Waals surface area contributed by atoms with Gasteiger partial charge in [-0.2, -0.15) is 0 Å². The van der Waals surface area contributed by atoms with Gasteiger partial charge in [0.05, 0.1) is 0 Å². The summed E-state index contributed by atoms with van der Waals surface area (Å²) in [6.07, 6.45) is 0. The van der Waals surface area contributed by atoms with Crippen molar-refractivity contribution >= 4 is 0 Å². The Bertz CT molecular complexity index is 549. The standard InChI is InChI=1S/C16H19NO2/c1-11-6-8-13(9-7-11)12(2)17-10-14-4-3-5-15(18)16(14)19/h3-9,12,17-19H,10H2,1-2H3/t12-/m1/s1. The molecule has 0 heterocycles. The molecule has 0 aromatic heterocycles. The first-order valence-corrected chi connectivity index (χ1v) is 6.37. The molecular formula is C16H19NO2. The molecule has 19 heavy (non-hydrogen) atoms. The summed E-state index contributed by atoms with van der Waals surface area (Å²) in [5.41, 5.74) is 3.13. The van der Waals surface area contributed by atoms with Gasteiger partial charge in [0.15, 0.2) is 11.5 Å². The molecular weight excluding hydrogens is 238 g/mol. The molecule has 0 radical (unpaired) electrons. The van der Waals surface area contributed by atoms with Crippen molar-refractivity contribution in [3.05, 3.63) is 59.2 Å².